The number of hydrogen-bond acceptors (Lipinski definition) is 3. The lowest BCUT2D eigenvalue weighted by Crippen LogP contribution is -2.50. The van der Waals surface area contributed by atoms with Gasteiger partial charge in [-0.25, -0.2) is 0 Å². The Hall–Kier alpha value is -1.11. The molecule has 0 unspecified atom stereocenters. The molecule has 0 aromatic heterocycles. The van der Waals surface area contributed by atoms with Gasteiger partial charge < -0.3 is 5.73 Å². The van der Waals surface area contributed by atoms with Crippen LogP contribution in [0, 0.1) is 0 Å². The normalized spacial score (nSPS) is 17.2. The lowest BCUT2D eigenvalue weighted by molar-refractivity contribution is 0.368. The van der Waals surface area contributed by atoms with Gasteiger partial charge in [-0.2, -0.15) is 17.4 Å². The maximum atomic E-state index is 12.3. The molecule has 1 heterocycles. The number of benzene rings is 1. The fourth-order valence-corrected chi connectivity index (χ4v) is 3.81. The number of nitrogens with one attached hydrogen (secondary N) is 1. The topological polar surface area (TPSA) is 75.4 Å². The lowest BCUT2D eigenvalue weighted by atomic mass is 9.99. The Balaban J connectivity index is 2.23. The Morgan fingerprint density at radius 1 is 1.32 bits per heavy atom. The molecule has 0 fully saturated rings. The highest BCUT2D eigenvalue weighted by molar-refractivity contribution is 7.87. The average molecular weight is 283 g/mol. The van der Waals surface area contributed by atoms with E-state index >= 15 is 0 Å². The first-order chi connectivity index (χ1) is 8.69. The summed E-state index contributed by atoms with van der Waals surface area (Å²) < 4.78 is 28.7. The monoisotopic (exact) mass is 283 g/mol. The third-order valence-electron chi connectivity index (χ3n) is 3.04. The maximum Gasteiger partial charge on any atom is 0.280 e. The molecule has 6 heteroatoms. The molecule has 106 valence electrons. The molecular formula is C13H21N3O2S. The van der Waals surface area contributed by atoms with Crippen LogP contribution in [0.5, 0.6) is 0 Å². The van der Waals surface area contributed by atoms with Crippen LogP contribution in [0.2, 0.25) is 0 Å². The van der Waals surface area contributed by atoms with Crippen LogP contribution in [-0.2, 0) is 23.2 Å². The van der Waals surface area contributed by atoms with Crippen LogP contribution in [0.4, 0.5) is 5.69 Å². The van der Waals surface area contributed by atoms with Crippen molar-refractivity contribution in [3.05, 3.63) is 29.3 Å². The number of nitrogens with zero attached hydrogens (tertiary/aromatic N) is 1. The number of hydrogen-bond donors (Lipinski definition) is 2. The van der Waals surface area contributed by atoms with Gasteiger partial charge in [-0.1, -0.05) is 12.1 Å². The standard InChI is InChI=1S/C13H21N3O2S/c1-13(2,3)15-19(17,18)16-8-7-11-10(9-16)5-4-6-12(11)14/h4-6,15H,7-9,14H2,1-3H3. The van der Waals surface area contributed by atoms with E-state index in [2.05, 4.69) is 4.72 Å². The molecule has 5 nitrogen and oxygen atoms in total. The third kappa shape index (κ3) is 3.26. The first-order valence-corrected chi connectivity index (χ1v) is 7.78. The Bertz CT molecular complexity index is 576. The van der Waals surface area contributed by atoms with Crippen LogP contribution in [0.1, 0.15) is 31.9 Å². The van der Waals surface area contributed by atoms with Gasteiger partial charge in [0, 0.05) is 24.3 Å². The van der Waals surface area contributed by atoms with E-state index in [4.69, 9.17) is 5.73 Å². The van der Waals surface area contributed by atoms with E-state index in [9.17, 15) is 8.42 Å². The predicted molar refractivity (Wildman–Crippen MR) is 76.8 cm³/mol. The summed E-state index contributed by atoms with van der Waals surface area (Å²) in [5, 5.41) is 0. The third-order valence-corrected chi connectivity index (χ3v) is 4.90. The minimum Gasteiger partial charge on any atom is -0.398 e. The molecule has 2 rings (SSSR count). The van der Waals surface area contributed by atoms with Crippen molar-refractivity contribution in [3.63, 3.8) is 0 Å². The van der Waals surface area contributed by atoms with Gasteiger partial charge in [0.05, 0.1) is 0 Å². The van der Waals surface area contributed by atoms with Crippen LogP contribution < -0.4 is 10.5 Å². The highest BCUT2D eigenvalue weighted by Crippen LogP contribution is 2.25. The fraction of sp³-hybridized carbons (Fsp3) is 0.538. The van der Waals surface area contributed by atoms with Gasteiger partial charge in [0.1, 0.15) is 0 Å². The molecule has 0 spiro atoms. The summed E-state index contributed by atoms with van der Waals surface area (Å²) in [7, 11) is -3.45. The molecule has 0 amide bonds. The smallest absolute Gasteiger partial charge is 0.280 e. The average Bonchev–Trinajstić information content (AvgIpc) is 2.25. The van der Waals surface area contributed by atoms with Crippen LogP contribution in [0.25, 0.3) is 0 Å². The van der Waals surface area contributed by atoms with Crippen LogP contribution >= 0.6 is 0 Å². The number of nitrogens with two attached hydrogens (primary N) is 1. The summed E-state index contributed by atoms with van der Waals surface area (Å²) in [6.45, 7) is 6.35. The Morgan fingerprint density at radius 2 is 2.00 bits per heavy atom. The molecule has 1 aliphatic heterocycles. The minimum absolute atomic E-state index is 0.381. The molecule has 0 radical (unpaired) electrons. The highest BCUT2D eigenvalue weighted by Gasteiger charge is 2.30. The number of rotatable bonds is 2. The van der Waals surface area contributed by atoms with Gasteiger partial charge in [-0.05, 0) is 44.4 Å². The number of anilines is 1. The van der Waals surface area contributed by atoms with E-state index in [0.717, 1.165) is 16.8 Å². The summed E-state index contributed by atoms with van der Waals surface area (Å²) in [5.41, 5.74) is 8.25. The molecule has 19 heavy (non-hydrogen) atoms. The van der Waals surface area contributed by atoms with E-state index in [1.54, 1.807) is 0 Å². The van der Waals surface area contributed by atoms with E-state index in [1.165, 1.54) is 4.31 Å². The molecule has 0 saturated heterocycles. The van der Waals surface area contributed by atoms with Crippen molar-refractivity contribution < 1.29 is 8.42 Å². The Labute approximate surface area is 115 Å². The molecule has 1 aliphatic rings. The summed E-state index contributed by atoms with van der Waals surface area (Å²) >= 11 is 0. The zero-order valence-corrected chi connectivity index (χ0v) is 12.4. The van der Waals surface area contributed by atoms with Crippen molar-refractivity contribution in [1.82, 2.24) is 9.03 Å². The van der Waals surface area contributed by atoms with Gasteiger partial charge in [0.15, 0.2) is 0 Å². The second-order valence-corrected chi connectivity index (χ2v) is 7.60. The van der Waals surface area contributed by atoms with E-state index < -0.39 is 15.7 Å². The second-order valence-electron chi connectivity index (χ2n) is 5.93. The van der Waals surface area contributed by atoms with Gasteiger partial charge in [0.25, 0.3) is 10.2 Å². The largest absolute Gasteiger partial charge is 0.398 e. The Kier molecular flexibility index (Phi) is 3.59. The van der Waals surface area contributed by atoms with E-state index in [-0.39, 0.29) is 0 Å². The highest BCUT2D eigenvalue weighted by atomic mass is 32.2. The molecule has 1 aromatic rings. The second kappa shape index (κ2) is 4.77. The molecule has 0 bridgehead atoms. The zero-order chi connectivity index (χ0) is 14.3. The lowest BCUT2D eigenvalue weighted by Gasteiger charge is -2.31. The van der Waals surface area contributed by atoms with Crippen molar-refractivity contribution in [2.24, 2.45) is 0 Å². The van der Waals surface area contributed by atoms with Gasteiger partial charge in [-0.15, -0.1) is 0 Å². The van der Waals surface area contributed by atoms with Crippen molar-refractivity contribution in [2.45, 2.75) is 39.3 Å². The quantitative estimate of drug-likeness (QED) is 0.802. The van der Waals surface area contributed by atoms with Gasteiger partial charge >= 0.3 is 0 Å². The van der Waals surface area contributed by atoms with Crippen LogP contribution in [0.15, 0.2) is 18.2 Å². The van der Waals surface area contributed by atoms with Crippen LogP contribution in [-0.4, -0.2) is 24.8 Å². The van der Waals surface area contributed by atoms with Crippen LogP contribution in [0.3, 0.4) is 0 Å². The predicted octanol–water partition coefficient (Wildman–Crippen LogP) is 1.26. The zero-order valence-electron chi connectivity index (χ0n) is 11.6. The molecule has 1 aromatic carbocycles. The van der Waals surface area contributed by atoms with Crippen molar-refractivity contribution >= 4 is 15.9 Å². The summed E-state index contributed by atoms with van der Waals surface area (Å²) in [6, 6.07) is 5.66. The first kappa shape index (κ1) is 14.3. The van der Waals surface area contributed by atoms with Crippen molar-refractivity contribution in [1.29, 1.82) is 0 Å². The SMILES string of the molecule is CC(C)(C)NS(=O)(=O)N1CCc2c(N)cccc2C1. The maximum absolute atomic E-state index is 12.3. The number of nitrogen functional groups attached to an aromatic ring is 1. The van der Waals surface area contributed by atoms with E-state index in [1.807, 2.05) is 39.0 Å². The molecule has 0 atom stereocenters. The summed E-state index contributed by atoms with van der Waals surface area (Å²) in [5.74, 6) is 0. The Morgan fingerprint density at radius 3 is 2.63 bits per heavy atom. The van der Waals surface area contributed by atoms with Crippen molar-refractivity contribution in [2.75, 3.05) is 12.3 Å². The summed E-state index contributed by atoms with van der Waals surface area (Å²) in [6.07, 6.45) is 0.660. The van der Waals surface area contributed by atoms with Gasteiger partial charge in [0.2, 0.25) is 0 Å². The fourth-order valence-electron chi connectivity index (χ4n) is 2.27. The summed E-state index contributed by atoms with van der Waals surface area (Å²) in [4.78, 5) is 0. The van der Waals surface area contributed by atoms with Crippen molar-refractivity contribution in [3.8, 4) is 0 Å². The molecule has 0 saturated carbocycles. The van der Waals surface area contributed by atoms with Gasteiger partial charge in [-0.3, -0.25) is 0 Å². The molecular weight excluding hydrogens is 262 g/mol. The minimum atomic E-state index is -3.45. The molecule has 0 aliphatic carbocycles. The molecule has 3 N–H and O–H groups in total. The van der Waals surface area contributed by atoms with E-state index in [0.29, 0.717) is 19.5 Å². The number of fused-ring (bicyclic) bond motifs is 1. The first-order valence-electron chi connectivity index (χ1n) is 6.34.